The van der Waals surface area contributed by atoms with Gasteiger partial charge in [0.05, 0.1) is 6.04 Å². The molecule has 0 amide bonds. The zero-order valence-corrected chi connectivity index (χ0v) is 21.5. The van der Waals surface area contributed by atoms with Gasteiger partial charge in [-0.25, -0.2) is 8.78 Å². The maximum atomic E-state index is 15.8. The predicted molar refractivity (Wildman–Crippen MR) is 148 cm³/mol. The molecular formula is C34H23F2NO3. The number of ketones is 3. The van der Waals surface area contributed by atoms with Crippen LogP contribution < -0.4 is 4.90 Å². The molecule has 3 aliphatic rings. The summed E-state index contributed by atoms with van der Waals surface area (Å²) in [5.41, 5.74) is 1.19. The van der Waals surface area contributed by atoms with Gasteiger partial charge in [0, 0.05) is 33.9 Å². The average molecular weight is 532 g/mol. The second-order valence-corrected chi connectivity index (χ2v) is 10.7. The summed E-state index contributed by atoms with van der Waals surface area (Å²) in [5.74, 6) is -3.44. The highest BCUT2D eigenvalue weighted by Crippen LogP contribution is 2.61. The van der Waals surface area contributed by atoms with Crippen molar-refractivity contribution >= 4 is 29.1 Å². The molecule has 40 heavy (non-hydrogen) atoms. The molecule has 4 aromatic carbocycles. The first-order valence-electron chi connectivity index (χ1n) is 13.1. The molecule has 1 saturated heterocycles. The summed E-state index contributed by atoms with van der Waals surface area (Å²) in [6.07, 6.45) is 3.38. The number of hydrogen-bond acceptors (Lipinski definition) is 4. The Morgan fingerprint density at radius 3 is 2.15 bits per heavy atom. The summed E-state index contributed by atoms with van der Waals surface area (Å²) in [4.78, 5) is 45.3. The number of benzene rings is 4. The van der Waals surface area contributed by atoms with Crippen LogP contribution in [0.25, 0.3) is 6.08 Å². The minimum Gasteiger partial charge on any atom is -0.352 e. The number of hydrogen-bond donors (Lipinski definition) is 0. The molecule has 2 aliphatic heterocycles. The van der Waals surface area contributed by atoms with E-state index in [9.17, 15) is 18.8 Å². The van der Waals surface area contributed by atoms with Gasteiger partial charge in [-0.15, -0.1) is 0 Å². The molecule has 3 atom stereocenters. The van der Waals surface area contributed by atoms with Gasteiger partial charge in [-0.05, 0) is 36.8 Å². The minimum absolute atomic E-state index is 0.119. The van der Waals surface area contributed by atoms with E-state index < -0.39 is 46.6 Å². The number of fused-ring (bicyclic) bond motifs is 5. The Bertz CT molecular complexity index is 1740. The second-order valence-electron chi connectivity index (χ2n) is 10.7. The van der Waals surface area contributed by atoms with Crippen molar-refractivity contribution in [2.45, 2.75) is 24.9 Å². The first-order valence-corrected chi connectivity index (χ1v) is 13.1. The summed E-state index contributed by atoms with van der Waals surface area (Å²) in [6, 6.07) is 21.8. The van der Waals surface area contributed by atoms with Crippen LogP contribution in [0.4, 0.5) is 14.5 Å². The van der Waals surface area contributed by atoms with E-state index in [0.29, 0.717) is 16.8 Å². The van der Waals surface area contributed by atoms with Crippen LogP contribution in [0.2, 0.25) is 0 Å². The molecule has 7 rings (SSSR count). The van der Waals surface area contributed by atoms with Gasteiger partial charge in [-0.2, -0.15) is 0 Å². The lowest BCUT2D eigenvalue weighted by Crippen LogP contribution is -2.48. The van der Waals surface area contributed by atoms with E-state index in [-0.39, 0.29) is 22.5 Å². The van der Waals surface area contributed by atoms with Crippen LogP contribution in [0.5, 0.6) is 0 Å². The van der Waals surface area contributed by atoms with Gasteiger partial charge < -0.3 is 4.90 Å². The molecule has 4 nitrogen and oxygen atoms in total. The second kappa shape index (κ2) is 8.65. The third-order valence-corrected chi connectivity index (χ3v) is 8.61. The van der Waals surface area contributed by atoms with E-state index in [1.165, 1.54) is 24.3 Å². The average Bonchev–Trinajstić information content (AvgIpc) is 3.39. The van der Waals surface area contributed by atoms with E-state index in [2.05, 4.69) is 0 Å². The van der Waals surface area contributed by atoms with Crippen molar-refractivity contribution in [2.24, 2.45) is 5.41 Å². The highest BCUT2D eigenvalue weighted by molar-refractivity contribution is 6.32. The van der Waals surface area contributed by atoms with Crippen LogP contribution in [0, 0.1) is 24.0 Å². The maximum absolute atomic E-state index is 15.8. The van der Waals surface area contributed by atoms with Crippen LogP contribution in [-0.4, -0.2) is 29.4 Å². The van der Waals surface area contributed by atoms with Crippen molar-refractivity contribution in [3.63, 3.8) is 0 Å². The molecule has 0 aromatic heterocycles. The Kier molecular flexibility index (Phi) is 5.26. The predicted octanol–water partition coefficient (Wildman–Crippen LogP) is 6.59. The van der Waals surface area contributed by atoms with Crippen molar-refractivity contribution < 1.29 is 23.2 Å². The van der Waals surface area contributed by atoms with E-state index >= 15 is 4.39 Å². The topological polar surface area (TPSA) is 54.5 Å². The zero-order valence-electron chi connectivity index (χ0n) is 21.5. The lowest BCUT2D eigenvalue weighted by Gasteiger charge is -2.37. The van der Waals surface area contributed by atoms with Crippen LogP contribution in [0.1, 0.15) is 53.7 Å². The number of aryl methyl sites for hydroxylation is 1. The molecule has 196 valence electrons. The molecule has 1 spiro atoms. The molecule has 0 radical (unpaired) electrons. The van der Waals surface area contributed by atoms with E-state index in [1.54, 1.807) is 71.6 Å². The van der Waals surface area contributed by atoms with Crippen molar-refractivity contribution in [1.82, 2.24) is 0 Å². The van der Waals surface area contributed by atoms with Crippen molar-refractivity contribution in [3.05, 3.63) is 142 Å². The molecule has 0 N–H and O–H groups in total. The molecule has 4 aromatic rings. The maximum Gasteiger partial charge on any atom is 0.185 e. The van der Waals surface area contributed by atoms with Crippen molar-refractivity contribution in [3.8, 4) is 0 Å². The molecule has 0 saturated carbocycles. The number of halogens is 2. The Labute approximate surface area is 229 Å². The third-order valence-electron chi connectivity index (χ3n) is 8.61. The summed E-state index contributed by atoms with van der Waals surface area (Å²) < 4.78 is 30.1. The third kappa shape index (κ3) is 3.13. The Balaban J connectivity index is 1.56. The SMILES string of the molecule is Cc1ccc(C(=O)C2C(c3ccccc3F)C3(C(=O)c4ccccc4C3=O)C3C=Cc4cc(F)ccc4N23)cc1. The standard InChI is InChI=1S/C34H23F2NO3/c1-19-10-12-20(13-11-19)31(38)30-29(25-8-4-5-9-26(25)36)34(32(39)23-6-2-3-7-24(23)33(34)40)28-17-14-21-18-22(35)15-16-27(21)37(28)30/h2-18,28-30H,1H3. The fourth-order valence-electron chi connectivity index (χ4n) is 6.91. The number of Topliss-reactive ketones (excluding diaryl/α,β-unsaturated/α-hetero) is 3. The summed E-state index contributed by atoms with van der Waals surface area (Å²) in [6.45, 7) is 1.91. The van der Waals surface area contributed by atoms with Gasteiger partial charge in [0.15, 0.2) is 17.3 Å². The van der Waals surface area contributed by atoms with Crippen LogP contribution in [0.15, 0.2) is 97.1 Å². The number of carbonyl (C=O) groups excluding carboxylic acids is 3. The first-order chi connectivity index (χ1) is 19.3. The number of nitrogens with zero attached hydrogens (tertiary/aromatic N) is 1. The molecule has 6 heteroatoms. The van der Waals surface area contributed by atoms with Gasteiger partial charge in [0.2, 0.25) is 0 Å². The fraction of sp³-hybridized carbons (Fsp3) is 0.147. The summed E-state index contributed by atoms with van der Waals surface area (Å²) >= 11 is 0. The lowest BCUT2D eigenvalue weighted by molar-refractivity contribution is 0.0664. The molecule has 1 aliphatic carbocycles. The monoisotopic (exact) mass is 531 g/mol. The first kappa shape index (κ1) is 24.3. The molecule has 0 bridgehead atoms. The molecule has 1 fully saturated rings. The Hall–Kier alpha value is -4.71. The summed E-state index contributed by atoms with van der Waals surface area (Å²) in [5, 5.41) is 0. The molecule has 2 heterocycles. The molecular weight excluding hydrogens is 508 g/mol. The van der Waals surface area contributed by atoms with Gasteiger partial charge in [-0.1, -0.05) is 84.4 Å². The van der Waals surface area contributed by atoms with Gasteiger partial charge in [-0.3, -0.25) is 14.4 Å². The van der Waals surface area contributed by atoms with Crippen LogP contribution in [-0.2, 0) is 0 Å². The highest BCUT2D eigenvalue weighted by atomic mass is 19.1. The fourth-order valence-corrected chi connectivity index (χ4v) is 6.91. The van der Waals surface area contributed by atoms with Crippen molar-refractivity contribution in [1.29, 1.82) is 0 Å². The highest BCUT2D eigenvalue weighted by Gasteiger charge is 2.71. The van der Waals surface area contributed by atoms with Gasteiger partial charge >= 0.3 is 0 Å². The number of rotatable bonds is 3. The van der Waals surface area contributed by atoms with Crippen LogP contribution >= 0.6 is 0 Å². The normalized spacial score (nSPS) is 21.9. The Morgan fingerprint density at radius 1 is 0.825 bits per heavy atom. The van der Waals surface area contributed by atoms with E-state index in [4.69, 9.17) is 0 Å². The van der Waals surface area contributed by atoms with Crippen molar-refractivity contribution in [2.75, 3.05) is 4.90 Å². The van der Waals surface area contributed by atoms with E-state index in [0.717, 1.165) is 5.56 Å². The lowest BCUT2D eigenvalue weighted by atomic mass is 9.64. The zero-order chi connectivity index (χ0) is 27.8. The largest absolute Gasteiger partial charge is 0.352 e. The smallest absolute Gasteiger partial charge is 0.185 e. The van der Waals surface area contributed by atoms with Gasteiger partial charge in [0.25, 0.3) is 0 Å². The number of anilines is 1. The summed E-state index contributed by atoms with van der Waals surface area (Å²) in [7, 11) is 0. The number of carbonyl (C=O) groups is 3. The van der Waals surface area contributed by atoms with Crippen LogP contribution in [0.3, 0.4) is 0 Å². The Morgan fingerprint density at radius 2 is 1.48 bits per heavy atom. The quantitative estimate of drug-likeness (QED) is 0.221. The van der Waals surface area contributed by atoms with E-state index in [1.807, 2.05) is 19.1 Å². The van der Waals surface area contributed by atoms with Gasteiger partial charge in [0.1, 0.15) is 23.1 Å². The minimum atomic E-state index is -1.81. The molecule has 3 unspecified atom stereocenters.